The summed E-state index contributed by atoms with van der Waals surface area (Å²) in [4.78, 5) is 51.6. The second kappa shape index (κ2) is 11.3. The molecule has 0 atom stereocenters. The number of anilines is 1. The molecule has 0 aliphatic heterocycles. The number of aliphatic carboxylic acids is 1. The van der Waals surface area contributed by atoms with Crippen LogP contribution in [0.2, 0.25) is 0 Å². The van der Waals surface area contributed by atoms with Gasteiger partial charge in [0.15, 0.2) is 0 Å². The smallest absolute Gasteiger partial charge is 0.307 e. The Hall–Kier alpha value is -4.66. The van der Waals surface area contributed by atoms with Crippen LogP contribution in [0.15, 0.2) is 77.6 Å². The summed E-state index contributed by atoms with van der Waals surface area (Å²) in [6, 6.07) is 21.7. The summed E-state index contributed by atoms with van der Waals surface area (Å²) in [6.07, 6.45) is 7.13. The standard InChI is InChI=1S/C33H34N4O5/c38-29(39)20-22-12-15-24(16-13-22)34-32(42)33(18-7-19-33)35-30(40)23-14-17-28-27(21-23)31(41)37(26-10-5-2-6-11-26)36(28)25-8-3-1-4-9-25/h2,5-6,10-17,21,25H,1,3-4,7-9,18-20H2,(H,34,42)(H,35,40)(H,38,39). The van der Waals surface area contributed by atoms with Crippen molar-refractivity contribution in [3.05, 3.63) is 94.3 Å². The summed E-state index contributed by atoms with van der Waals surface area (Å²) in [5.41, 5.74) is 1.86. The predicted octanol–water partition coefficient (Wildman–Crippen LogP) is 5.22. The molecule has 0 spiro atoms. The molecule has 2 saturated carbocycles. The first-order valence-corrected chi connectivity index (χ1v) is 14.6. The van der Waals surface area contributed by atoms with E-state index >= 15 is 0 Å². The normalized spacial score (nSPS) is 16.5. The van der Waals surface area contributed by atoms with Crippen molar-refractivity contribution in [3.8, 4) is 5.69 Å². The van der Waals surface area contributed by atoms with E-state index < -0.39 is 17.4 Å². The van der Waals surface area contributed by atoms with Gasteiger partial charge in [-0.2, -0.15) is 0 Å². The zero-order chi connectivity index (χ0) is 29.3. The maximum absolute atomic E-state index is 13.8. The first kappa shape index (κ1) is 27.5. The first-order valence-electron chi connectivity index (χ1n) is 14.6. The van der Waals surface area contributed by atoms with Crippen LogP contribution in [-0.2, 0) is 16.0 Å². The van der Waals surface area contributed by atoms with Crippen LogP contribution in [0.5, 0.6) is 0 Å². The number of para-hydroxylation sites is 1. The monoisotopic (exact) mass is 566 g/mol. The number of benzene rings is 3. The van der Waals surface area contributed by atoms with Gasteiger partial charge >= 0.3 is 5.97 Å². The molecule has 2 aliphatic rings. The van der Waals surface area contributed by atoms with E-state index in [-0.39, 0.29) is 23.9 Å². The van der Waals surface area contributed by atoms with Crippen LogP contribution < -0.4 is 16.2 Å². The summed E-state index contributed by atoms with van der Waals surface area (Å²) in [6.45, 7) is 0. The molecule has 42 heavy (non-hydrogen) atoms. The number of fused-ring (bicyclic) bond motifs is 1. The largest absolute Gasteiger partial charge is 0.481 e. The average molecular weight is 567 g/mol. The molecule has 1 aromatic heterocycles. The highest BCUT2D eigenvalue weighted by Crippen LogP contribution is 2.35. The van der Waals surface area contributed by atoms with Crippen LogP contribution in [0.1, 0.15) is 73.3 Å². The second-order valence-corrected chi connectivity index (χ2v) is 11.4. The van der Waals surface area contributed by atoms with Gasteiger partial charge in [-0.25, -0.2) is 4.68 Å². The number of carbonyl (C=O) groups is 3. The molecular weight excluding hydrogens is 532 g/mol. The molecule has 0 radical (unpaired) electrons. The minimum atomic E-state index is -1.05. The number of hydrogen-bond donors (Lipinski definition) is 3. The number of rotatable bonds is 8. The highest BCUT2D eigenvalue weighted by molar-refractivity contribution is 6.05. The average Bonchev–Trinajstić information content (AvgIpc) is 3.28. The molecule has 2 aliphatic carbocycles. The molecule has 216 valence electrons. The molecule has 0 unspecified atom stereocenters. The Kier molecular flexibility index (Phi) is 7.41. The SMILES string of the molecule is O=C(O)Cc1ccc(NC(=O)C2(NC(=O)c3ccc4c(c3)c(=O)n(-c3ccccc3)n4C3CCCCC3)CCC2)cc1. The predicted molar refractivity (Wildman–Crippen MR) is 160 cm³/mol. The van der Waals surface area contributed by atoms with Gasteiger partial charge in [-0.1, -0.05) is 49.6 Å². The Bertz CT molecular complexity index is 1690. The van der Waals surface area contributed by atoms with E-state index in [0.717, 1.165) is 43.3 Å². The number of carboxylic acid groups (broad SMARTS) is 1. The Morgan fingerprint density at radius 3 is 2.24 bits per heavy atom. The lowest BCUT2D eigenvalue weighted by molar-refractivity contribution is -0.136. The maximum atomic E-state index is 13.8. The topological polar surface area (TPSA) is 122 Å². The highest BCUT2D eigenvalue weighted by atomic mass is 16.4. The number of amides is 2. The summed E-state index contributed by atoms with van der Waals surface area (Å²) >= 11 is 0. The van der Waals surface area contributed by atoms with Gasteiger partial charge in [0.05, 0.1) is 29.1 Å². The zero-order valence-electron chi connectivity index (χ0n) is 23.3. The van der Waals surface area contributed by atoms with Crippen LogP contribution in [0.25, 0.3) is 16.6 Å². The van der Waals surface area contributed by atoms with Crippen molar-refractivity contribution in [1.82, 2.24) is 14.7 Å². The molecular formula is C33H34N4O5. The summed E-state index contributed by atoms with van der Waals surface area (Å²) in [7, 11) is 0. The van der Waals surface area contributed by atoms with Gasteiger partial charge in [-0.05, 0) is 80.1 Å². The molecule has 9 heteroatoms. The summed E-state index contributed by atoms with van der Waals surface area (Å²) in [5.74, 6) is -1.64. The number of nitrogens with one attached hydrogen (secondary N) is 2. The van der Waals surface area contributed by atoms with Crippen molar-refractivity contribution in [2.45, 2.75) is 69.4 Å². The lowest BCUT2D eigenvalue weighted by atomic mass is 9.75. The third-order valence-corrected chi connectivity index (χ3v) is 8.63. The number of nitrogens with zero attached hydrogens (tertiary/aromatic N) is 2. The Balaban J connectivity index is 1.27. The first-order chi connectivity index (χ1) is 20.3. The molecule has 1 heterocycles. The number of carboxylic acids is 1. The van der Waals surface area contributed by atoms with Crippen LogP contribution >= 0.6 is 0 Å². The third-order valence-electron chi connectivity index (χ3n) is 8.63. The van der Waals surface area contributed by atoms with E-state index in [9.17, 15) is 19.2 Å². The molecule has 6 rings (SSSR count). The lowest BCUT2D eigenvalue weighted by Crippen LogP contribution is -2.61. The van der Waals surface area contributed by atoms with E-state index in [4.69, 9.17) is 5.11 Å². The van der Waals surface area contributed by atoms with Crippen LogP contribution in [0.3, 0.4) is 0 Å². The van der Waals surface area contributed by atoms with E-state index in [0.29, 0.717) is 35.0 Å². The minimum Gasteiger partial charge on any atom is -0.481 e. The van der Waals surface area contributed by atoms with Crippen molar-refractivity contribution >= 4 is 34.4 Å². The van der Waals surface area contributed by atoms with Crippen molar-refractivity contribution in [3.63, 3.8) is 0 Å². The Morgan fingerprint density at radius 2 is 1.60 bits per heavy atom. The fourth-order valence-electron chi connectivity index (χ4n) is 6.22. The highest BCUT2D eigenvalue weighted by Gasteiger charge is 2.45. The van der Waals surface area contributed by atoms with Crippen molar-refractivity contribution in [2.75, 3.05) is 5.32 Å². The molecule has 4 aromatic rings. The van der Waals surface area contributed by atoms with Crippen LogP contribution in [-0.4, -0.2) is 37.8 Å². The van der Waals surface area contributed by atoms with Crippen molar-refractivity contribution in [2.24, 2.45) is 0 Å². The second-order valence-electron chi connectivity index (χ2n) is 11.4. The van der Waals surface area contributed by atoms with Crippen LogP contribution in [0.4, 0.5) is 5.69 Å². The Labute approximate surface area is 243 Å². The number of carbonyl (C=O) groups excluding carboxylic acids is 2. The van der Waals surface area contributed by atoms with Gasteiger partial charge in [-0.15, -0.1) is 0 Å². The van der Waals surface area contributed by atoms with Gasteiger partial charge in [0.25, 0.3) is 11.5 Å². The van der Waals surface area contributed by atoms with Crippen molar-refractivity contribution < 1.29 is 19.5 Å². The van der Waals surface area contributed by atoms with E-state index in [2.05, 4.69) is 15.3 Å². The van der Waals surface area contributed by atoms with E-state index in [1.807, 2.05) is 36.4 Å². The molecule has 0 bridgehead atoms. The maximum Gasteiger partial charge on any atom is 0.307 e. The van der Waals surface area contributed by atoms with E-state index in [1.165, 1.54) is 6.42 Å². The van der Waals surface area contributed by atoms with Gasteiger partial charge in [0, 0.05) is 11.3 Å². The quantitative estimate of drug-likeness (QED) is 0.270. The third kappa shape index (κ3) is 5.22. The van der Waals surface area contributed by atoms with Gasteiger partial charge in [0.1, 0.15) is 5.54 Å². The Morgan fingerprint density at radius 1 is 0.881 bits per heavy atom. The summed E-state index contributed by atoms with van der Waals surface area (Å²) in [5, 5.41) is 15.3. The summed E-state index contributed by atoms with van der Waals surface area (Å²) < 4.78 is 3.85. The fourth-order valence-corrected chi connectivity index (χ4v) is 6.22. The molecule has 0 saturated heterocycles. The molecule has 3 aromatic carbocycles. The number of hydrogen-bond acceptors (Lipinski definition) is 4. The van der Waals surface area contributed by atoms with Gasteiger partial charge in [0.2, 0.25) is 5.91 Å². The fraction of sp³-hybridized carbons (Fsp3) is 0.333. The molecule has 2 amide bonds. The van der Waals surface area contributed by atoms with Crippen molar-refractivity contribution in [1.29, 1.82) is 0 Å². The van der Waals surface area contributed by atoms with Gasteiger partial charge < -0.3 is 15.7 Å². The molecule has 2 fully saturated rings. The minimum absolute atomic E-state index is 0.0982. The zero-order valence-corrected chi connectivity index (χ0v) is 23.3. The van der Waals surface area contributed by atoms with E-state index in [1.54, 1.807) is 41.1 Å². The van der Waals surface area contributed by atoms with Gasteiger partial charge in [-0.3, -0.25) is 23.9 Å². The van der Waals surface area contributed by atoms with Crippen LogP contribution in [0, 0.1) is 0 Å². The lowest BCUT2D eigenvalue weighted by Gasteiger charge is -2.40. The number of aromatic nitrogens is 2. The molecule has 9 nitrogen and oxygen atoms in total. The molecule has 3 N–H and O–H groups in total.